The smallest absolute Gasteiger partial charge is 0.255 e. The summed E-state index contributed by atoms with van der Waals surface area (Å²) in [5.74, 6) is 0.630. The number of aliphatic hydroxyl groups is 1. The summed E-state index contributed by atoms with van der Waals surface area (Å²) in [4.78, 5) is 16.7. The summed E-state index contributed by atoms with van der Waals surface area (Å²) in [5, 5.41) is 13.1. The van der Waals surface area contributed by atoms with Gasteiger partial charge in [0.1, 0.15) is 5.75 Å². The monoisotopic (exact) mass is 401 g/mol. The van der Waals surface area contributed by atoms with Gasteiger partial charge in [0.25, 0.3) is 5.91 Å². The predicted molar refractivity (Wildman–Crippen MR) is 121 cm³/mol. The van der Waals surface area contributed by atoms with E-state index >= 15 is 0 Å². The van der Waals surface area contributed by atoms with E-state index in [4.69, 9.17) is 4.74 Å². The van der Waals surface area contributed by atoms with Gasteiger partial charge in [-0.15, -0.1) is 0 Å². The summed E-state index contributed by atoms with van der Waals surface area (Å²) in [7, 11) is 3.97. The van der Waals surface area contributed by atoms with E-state index in [2.05, 4.69) is 22.0 Å². The third-order valence-corrected chi connectivity index (χ3v) is 5.30. The zero-order chi connectivity index (χ0) is 20.8. The van der Waals surface area contributed by atoms with Crippen molar-refractivity contribution in [3.05, 3.63) is 54.1 Å². The summed E-state index contributed by atoms with van der Waals surface area (Å²) in [5.41, 5.74) is 2.37. The number of hydrogen-bond acceptors (Lipinski definition) is 5. The van der Waals surface area contributed by atoms with Crippen molar-refractivity contribution in [1.82, 2.24) is 4.90 Å². The summed E-state index contributed by atoms with van der Waals surface area (Å²) in [6.45, 7) is 4.21. The molecule has 0 aromatic heterocycles. The van der Waals surface area contributed by atoms with Gasteiger partial charge < -0.3 is 25.0 Å². The second kappa shape index (κ2) is 9.76. The summed E-state index contributed by atoms with van der Waals surface area (Å²) < 4.78 is 5.63. The van der Waals surface area contributed by atoms with Gasteiger partial charge in [-0.3, -0.25) is 4.79 Å². The Labute approximate surface area is 176 Å². The Kier molecular flexibility index (Phi) is 7.12. The normalized spacial score (nSPS) is 18.9. The minimum absolute atomic E-state index is 0. The topological polar surface area (TPSA) is 65.0 Å². The standard InChI is InChI=1S/C23H31N3O3.2H2/c1-4-5-14-29-20-12-6-17(7-13-20)23(28)24-18-8-10-19(11-9-18)26-15-21(25(2)3)22(27)16-26;;/h6-13,21-22,27H,4-5,14-16H2,1-3H3,(H,24,28);2*1H. The van der Waals surface area contributed by atoms with Gasteiger partial charge in [-0.05, 0) is 69.0 Å². The number of anilines is 2. The number of amides is 1. The zero-order valence-electron chi connectivity index (χ0n) is 17.5. The molecule has 0 radical (unpaired) electrons. The molecule has 2 atom stereocenters. The van der Waals surface area contributed by atoms with Crippen molar-refractivity contribution < 1.29 is 17.5 Å². The molecule has 1 saturated heterocycles. The fourth-order valence-corrected chi connectivity index (χ4v) is 3.48. The first-order chi connectivity index (χ1) is 14.0. The third-order valence-electron chi connectivity index (χ3n) is 5.30. The highest BCUT2D eigenvalue weighted by Crippen LogP contribution is 2.24. The van der Waals surface area contributed by atoms with E-state index in [-0.39, 0.29) is 20.9 Å². The Hall–Kier alpha value is -2.57. The molecule has 6 nitrogen and oxygen atoms in total. The van der Waals surface area contributed by atoms with Crippen LogP contribution in [0.1, 0.15) is 33.0 Å². The molecule has 1 aliphatic rings. The largest absolute Gasteiger partial charge is 0.494 e. The van der Waals surface area contributed by atoms with Gasteiger partial charge >= 0.3 is 0 Å². The third kappa shape index (κ3) is 5.49. The highest BCUT2D eigenvalue weighted by molar-refractivity contribution is 6.04. The molecule has 29 heavy (non-hydrogen) atoms. The molecule has 160 valence electrons. The number of likely N-dealkylation sites (N-methyl/N-ethyl adjacent to an activating group) is 1. The highest BCUT2D eigenvalue weighted by atomic mass is 16.5. The van der Waals surface area contributed by atoms with Gasteiger partial charge in [-0.2, -0.15) is 0 Å². The number of nitrogens with zero attached hydrogens (tertiary/aromatic N) is 2. The summed E-state index contributed by atoms with van der Waals surface area (Å²) >= 11 is 0. The van der Waals surface area contributed by atoms with Crippen LogP contribution in [-0.4, -0.2) is 61.9 Å². The van der Waals surface area contributed by atoms with Crippen molar-refractivity contribution >= 4 is 17.3 Å². The lowest BCUT2D eigenvalue weighted by Crippen LogP contribution is -2.37. The first-order valence-electron chi connectivity index (χ1n) is 10.2. The van der Waals surface area contributed by atoms with Crippen molar-refractivity contribution in [3.63, 3.8) is 0 Å². The Balaban J connectivity index is 0.00000240. The number of nitrogens with one attached hydrogen (secondary N) is 1. The molecule has 1 amide bonds. The van der Waals surface area contributed by atoms with E-state index in [1.165, 1.54) is 0 Å². The lowest BCUT2D eigenvalue weighted by molar-refractivity contribution is 0.102. The molecule has 1 heterocycles. The number of unbranched alkanes of at least 4 members (excludes halogenated alkanes) is 1. The van der Waals surface area contributed by atoms with Crippen molar-refractivity contribution in [2.75, 3.05) is 44.0 Å². The van der Waals surface area contributed by atoms with E-state index < -0.39 is 0 Å². The van der Waals surface area contributed by atoms with E-state index in [0.717, 1.165) is 36.5 Å². The molecule has 0 spiro atoms. The second-order valence-corrected chi connectivity index (χ2v) is 7.73. The van der Waals surface area contributed by atoms with Gasteiger partial charge in [-0.25, -0.2) is 0 Å². The van der Waals surface area contributed by atoms with Gasteiger partial charge in [0.2, 0.25) is 0 Å². The minimum Gasteiger partial charge on any atom is -0.494 e. The van der Waals surface area contributed by atoms with Crippen LogP contribution in [0.3, 0.4) is 0 Å². The van der Waals surface area contributed by atoms with Crippen molar-refractivity contribution in [3.8, 4) is 5.75 Å². The van der Waals surface area contributed by atoms with Gasteiger partial charge in [-0.1, -0.05) is 13.3 Å². The van der Waals surface area contributed by atoms with E-state index in [0.29, 0.717) is 18.7 Å². The van der Waals surface area contributed by atoms with Crippen LogP contribution in [0, 0.1) is 0 Å². The van der Waals surface area contributed by atoms with Crippen LogP contribution in [0.5, 0.6) is 5.75 Å². The molecular weight excluding hydrogens is 366 g/mol. The van der Waals surface area contributed by atoms with Gasteiger partial charge in [0.05, 0.1) is 18.8 Å². The molecular formula is C23H35N3O3. The maximum Gasteiger partial charge on any atom is 0.255 e. The van der Waals surface area contributed by atoms with Gasteiger partial charge in [0, 0.05) is 32.9 Å². The zero-order valence-corrected chi connectivity index (χ0v) is 17.5. The Morgan fingerprint density at radius 3 is 2.45 bits per heavy atom. The van der Waals surface area contributed by atoms with E-state index in [9.17, 15) is 9.90 Å². The van der Waals surface area contributed by atoms with Crippen molar-refractivity contribution in [2.24, 2.45) is 0 Å². The average Bonchev–Trinajstić information content (AvgIpc) is 3.11. The number of benzene rings is 2. The number of hydrogen-bond donors (Lipinski definition) is 2. The number of aliphatic hydroxyl groups excluding tert-OH is 1. The quantitative estimate of drug-likeness (QED) is 0.660. The molecule has 1 aliphatic heterocycles. The number of rotatable bonds is 8. The summed E-state index contributed by atoms with van der Waals surface area (Å²) in [6, 6.07) is 15.1. The molecule has 0 bridgehead atoms. The number of carbonyl (C=O) groups is 1. The molecule has 2 N–H and O–H groups in total. The van der Waals surface area contributed by atoms with Crippen molar-refractivity contribution in [1.29, 1.82) is 0 Å². The predicted octanol–water partition coefficient (Wildman–Crippen LogP) is 3.72. The Bertz CT molecular complexity index is 801. The molecule has 2 unspecified atom stereocenters. The molecule has 0 aliphatic carbocycles. The molecule has 3 rings (SSSR count). The highest BCUT2D eigenvalue weighted by Gasteiger charge is 2.32. The molecule has 2 aromatic rings. The fourth-order valence-electron chi connectivity index (χ4n) is 3.48. The van der Waals surface area contributed by atoms with Crippen LogP contribution >= 0.6 is 0 Å². The van der Waals surface area contributed by atoms with Crippen LogP contribution in [0.2, 0.25) is 0 Å². The first kappa shape index (κ1) is 21.1. The van der Waals surface area contributed by atoms with E-state index in [1.54, 1.807) is 12.1 Å². The van der Waals surface area contributed by atoms with Crippen LogP contribution in [0.25, 0.3) is 0 Å². The SMILES string of the molecule is CCCCOc1ccc(C(=O)Nc2ccc(N3CC(O)C(N(C)C)C3)cc2)cc1.[HH].[HH]. The molecule has 0 saturated carbocycles. The number of carbonyl (C=O) groups excluding carboxylic acids is 1. The summed E-state index contributed by atoms with van der Waals surface area (Å²) in [6.07, 6.45) is 1.75. The van der Waals surface area contributed by atoms with E-state index in [1.807, 2.05) is 50.5 Å². The van der Waals surface area contributed by atoms with Gasteiger partial charge in [0.15, 0.2) is 0 Å². The van der Waals surface area contributed by atoms with Crippen LogP contribution in [-0.2, 0) is 0 Å². The first-order valence-corrected chi connectivity index (χ1v) is 10.2. The maximum absolute atomic E-state index is 12.5. The van der Waals surface area contributed by atoms with Crippen LogP contribution in [0.4, 0.5) is 11.4 Å². The lowest BCUT2D eigenvalue weighted by Gasteiger charge is -2.22. The molecule has 2 aromatic carbocycles. The number of β-amino-alcohol motifs (C(OH)–C–C–N with tert-alkyl or cyclic N) is 1. The lowest BCUT2D eigenvalue weighted by atomic mass is 10.2. The minimum atomic E-state index is -0.363. The fraction of sp³-hybridized carbons (Fsp3) is 0.435. The Morgan fingerprint density at radius 1 is 1.17 bits per heavy atom. The second-order valence-electron chi connectivity index (χ2n) is 7.73. The van der Waals surface area contributed by atoms with Crippen LogP contribution in [0.15, 0.2) is 48.5 Å². The number of ether oxygens (including phenoxy) is 1. The van der Waals surface area contributed by atoms with Crippen LogP contribution < -0.4 is 15.0 Å². The molecule has 6 heteroatoms. The average molecular weight is 402 g/mol. The molecule has 1 fully saturated rings. The Morgan fingerprint density at radius 2 is 1.86 bits per heavy atom. The maximum atomic E-state index is 12.5. The van der Waals surface area contributed by atoms with Crippen molar-refractivity contribution in [2.45, 2.75) is 31.9 Å².